The molecule has 6 nitrogen and oxygen atoms in total. The third-order valence-electron chi connectivity index (χ3n) is 0.447. The Kier molecular flexibility index (Phi) is 6.50. The van der Waals surface area contributed by atoms with Gasteiger partial charge in [-0.3, -0.25) is 0 Å². The van der Waals surface area contributed by atoms with Gasteiger partial charge in [-0.15, -0.1) is 0 Å². The predicted molar refractivity (Wildman–Crippen MR) is 27.0 cm³/mol. The summed E-state index contributed by atoms with van der Waals surface area (Å²) in [5, 5.41) is 0. The molecule has 1 N–H and O–H groups in total. The van der Waals surface area contributed by atoms with Crippen molar-refractivity contribution in [2.24, 2.45) is 0 Å². The fraction of sp³-hybridized carbons (Fsp3) is 1.00. The third-order valence-corrected chi connectivity index (χ3v) is 1.97. The van der Waals surface area contributed by atoms with Gasteiger partial charge < -0.3 is 0 Å². The van der Waals surface area contributed by atoms with Gasteiger partial charge in [0.25, 0.3) is 0 Å². The van der Waals surface area contributed by atoms with E-state index >= 15 is 0 Å². The van der Waals surface area contributed by atoms with Crippen LogP contribution in [0.1, 0.15) is 0 Å². The van der Waals surface area contributed by atoms with Gasteiger partial charge in [-0.2, -0.15) is 0 Å². The molecule has 0 saturated carbocycles. The van der Waals surface area contributed by atoms with Crippen molar-refractivity contribution in [1.29, 1.82) is 0 Å². The maximum absolute atomic E-state index is 9.83. The molecule has 8 heteroatoms. The van der Waals surface area contributed by atoms with Crippen LogP contribution < -0.4 is 4.19 Å². The summed E-state index contributed by atoms with van der Waals surface area (Å²) in [6.45, 7) is -0.365. The molecule has 0 fully saturated rings. The molecule has 0 spiro atoms. The van der Waals surface area contributed by atoms with Crippen LogP contribution in [0.15, 0.2) is 0 Å². The van der Waals surface area contributed by atoms with Crippen molar-refractivity contribution in [3.63, 3.8) is 0 Å². The summed E-state index contributed by atoms with van der Waals surface area (Å²) in [6.07, 6.45) is 0. The summed E-state index contributed by atoms with van der Waals surface area (Å²) in [5.41, 5.74) is 0. The van der Waals surface area contributed by atoms with Gasteiger partial charge in [0.15, 0.2) is 0 Å². The first-order valence-electron chi connectivity index (χ1n) is 2.09. The Morgan fingerprint density at radius 1 is 1.30 bits per heavy atom. The molecule has 0 amide bonds. The zero-order chi connectivity index (χ0) is 7.98. The van der Waals surface area contributed by atoms with Gasteiger partial charge in [-0.25, -0.2) is 0 Å². The molecule has 62 valence electrons. The minimum atomic E-state index is -3.37. The van der Waals surface area contributed by atoms with Gasteiger partial charge in [0.2, 0.25) is 0 Å². The molecule has 0 aliphatic heterocycles. The zero-order valence-corrected chi connectivity index (χ0v) is 8.15. The van der Waals surface area contributed by atoms with E-state index in [0.29, 0.717) is 0 Å². The molecule has 0 aliphatic rings. The van der Waals surface area contributed by atoms with Crippen LogP contribution in [0.5, 0.6) is 0 Å². The molecule has 0 bridgehead atoms. The van der Waals surface area contributed by atoms with Crippen LogP contribution in [0.4, 0.5) is 0 Å². The summed E-state index contributed by atoms with van der Waals surface area (Å²) in [5.74, 6) is 0. The van der Waals surface area contributed by atoms with Crippen LogP contribution in [-0.2, 0) is 15.3 Å². The second kappa shape index (κ2) is 6.21. The topological polar surface area (TPSA) is 95.9 Å². The summed E-state index contributed by atoms with van der Waals surface area (Å²) < 4.78 is 45.5. The van der Waals surface area contributed by atoms with Crippen molar-refractivity contribution in [2.45, 2.75) is 0 Å². The molecule has 0 heterocycles. The number of hydrogen-bond donors (Lipinski definition) is 1. The van der Waals surface area contributed by atoms with E-state index in [9.17, 15) is 11.9 Å². The van der Waals surface area contributed by atoms with E-state index in [2.05, 4.69) is 7.64 Å². The minimum absolute atomic E-state index is 0.171. The Labute approximate surface area is 66.2 Å². The van der Waals surface area contributed by atoms with Crippen LogP contribution in [0.25, 0.3) is 0 Å². The molecule has 0 saturated heterocycles. The van der Waals surface area contributed by atoms with E-state index in [0.717, 1.165) is 0 Å². The molecule has 0 aromatic heterocycles. The molecule has 0 aliphatic carbocycles. The fourth-order valence-corrected chi connectivity index (χ4v) is 1.08. The van der Waals surface area contributed by atoms with Crippen LogP contribution >= 0.6 is 0 Å². The van der Waals surface area contributed by atoms with E-state index in [1.54, 1.807) is 0 Å². The van der Waals surface area contributed by atoms with Gasteiger partial charge in [0.05, 0.1) is 0 Å². The second-order valence-corrected chi connectivity index (χ2v) is 3.82. The molecular formula is C2H5O6Se2-. The third kappa shape index (κ3) is 8.48. The average molecular weight is 283 g/mol. The van der Waals surface area contributed by atoms with Crippen molar-refractivity contribution in [3.05, 3.63) is 0 Å². The first kappa shape index (κ1) is 10.5. The molecule has 2 unspecified atom stereocenters. The molecular weight excluding hydrogens is 278 g/mol. The Morgan fingerprint density at radius 3 is 2.20 bits per heavy atom. The normalized spacial score (nSPS) is 16.6. The Morgan fingerprint density at radius 2 is 1.80 bits per heavy atom. The SMILES string of the molecule is O=[Se]([O-])OCCO[Se](=O)O. The second-order valence-electron chi connectivity index (χ2n) is 1.07. The number of hydrogen-bond acceptors (Lipinski definition) is 5. The van der Waals surface area contributed by atoms with E-state index in [4.69, 9.17) is 4.19 Å². The van der Waals surface area contributed by atoms with E-state index in [-0.39, 0.29) is 13.2 Å². The van der Waals surface area contributed by atoms with Crippen molar-refractivity contribution in [2.75, 3.05) is 13.2 Å². The Balaban J connectivity index is 3.06. The monoisotopic (exact) mass is 285 g/mol. The molecule has 10 heavy (non-hydrogen) atoms. The maximum atomic E-state index is 9.83. The molecule has 0 radical (unpaired) electrons. The average Bonchev–Trinajstić information content (AvgIpc) is 1.79. The van der Waals surface area contributed by atoms with E-state index in [1.165, 1.54) is 0 Å². The van der Waals surface area contributed by atoms with Crippen molar-refractivity contribution < 1.29 is 23.7 Å². The zero-order valence-electron chi connectivity index (χ0n) is 4.72. The van der Waals surface area contributed by atoms with Gasteiger partial charge in [0.1, 0.15) is 0 Å². The van der Waals surface area contributed by atoms with Crippen molar-refractivity contribution in [3.8, 4) is 0 Å². The standard InChI is InChI=1S/C2H6O6Se2/c3-9(4)7-1-2-8-10(5)6/h1-2H2,(H,3,4)(H,5,6)/p-1. The summed E-state index contributed by atoms with van der Waals surface area (Å²) in [7, 11) is 0. The Hall–Kier alpha value is 0.479. The van der Waals surface area contributed by atoms with E-state index < -0.39 is 29.0 Å². The molecule has 0 rings (SSSR count). The van der Waals surface area contributed by atoms with Gasteiger partial charge in [-0.1, -0.05) is 0 Å². The van der Waals surface area contributed by atoms with Gasteiger partial charge >= 0.3 is 65.9 Å². The van der Waals surface area contributed by atoms with Crippen molar-refractivity contribution in [1.82, 2.24) is 0 Å². The molecule has 0 aromatic rings. The predicted octanol–water partition coefficient (Wildman–Crippen LogP) is -2.80. The van der Waals surface area contributed by atoms with Gasteiger partial charge in [-0.05, 0) is 0 Å². The van der Waals surface area contributed by atoms with E-state index in [1.807, 2.05) is 0 Å². The summed E-state index contributed by atoms with van der Waals surface area (Å²) in [6, 6.07) is 0. The Bertz CT molecular complexity index is 118. The first-order chi connectivity index (χ1) is 4.63. The fourth-order valence-electron chi connectivity index (χ4n) is 0.207. The van der Waals surface area contributed by atoms with Crippen LogP contribution in [0, 0.1) is 0 Å². The molecule has 2 atom stereocenters. The van der Waals surface area contributed by atoms with Gasteiger partial charge in [0, 0.05) is 0 Å². The first-order valence-corrected chi connectivity index (χ1v) is 6.36. The molecule has 0 aromatic carbocycles. The van der Waals surface area contributed by atoms with Crippen LogP contribution in [-0.4, -0.2) is 46.4 Å². The van der Waals surface area contributed by atoms with Crippen LogP contribution in [0.3, 0.4) is 0 Å². The summed E-state index contributed by atoms with van der Waals surface area (Å²) >= 11 is -6.51. The summed E-state index contributed by atoms with van der Waals surface area (Å²) in [4.78, 5) is 0. The van der Waals surface area contributed by atoms with Crippen LogP contribution in [0.2, 0.25) is 0 Å². The quantitative estimate of drug-likeness (QED) is 0.432. The number of rotatable bonds is 5. The van der Waals surface area contributed by atoms with Crippen molar-refractivity contribution >= 4 is 29.0 Å².